The lowest BCUT2D eigenvalue weighted by Gasteiger charge is -2.32. The van der Waals surface area contributed by atoms with E-state index < -0.39 is 14.8 Å². The van der Waals surface area contributed by atoms with Crippen molar-refractivity contribution >= 4 is 10.0 Å². The largest absolute Gasteiger partial charge is 0.219 e. The van der Waals surface area contributed by atoms with Gasteiger partial charge in [0.2, 0.25) is 10.0 Å². The van der Waals surface area contributed by atoms with Crippen molar-refractivity contribution in [2.75, 3.05) is 13.1 Å². The standard InChI is InChI=1S/C14H29NO2S/c1-13(2,3)9-10-15(11-12-7-8-12)18(16,17)14(4,5)6/h12H,7-11H2,1-6H3. The number of nitrogens with zero attached hydrogens (tertiary/aromatic N) is 1. The van der Waals surface area contributed by atoms with Crippen LogP contribution in [0.5, 0.6) is 0 Å². The predicted octanol–water partition coefficient (Wildman–Crippen LogP) is 3.26. The second-order valence-electron chi connectivity index (χ2n) is 7.73. The Kier molecular flexibility index (Phi) is 4.54. The first-order valence-electron chi connectivity index (χ1n) is 6.93. The molecule has 1 aliphatic carbocycles. The van der Waals surface area contributed by atoms with Gasteiger partial charge in [-0.1, -0.05) is 20.8 Å². The van der Waals surface area contributed by atoms with Gasteiger partial charge >= 0.3 is 0 Å². The molecule has 0 bridgehead atoms. The minimum atomic E-state index is -3.18. The van der Waals surface area contributed by atoms with E-state index in [1.54, 1.807) is 25.1 Å². The van der Waals surface area contributed by atoms with E-state index in [9.17, 15) is 8.42 Å². The van der Waals surface area contributed by atoms with Crippen molar-refractivity contribution in [1.82, 2.24) is 4.31 Å². The Morgan fingerprint density at radius 3 is 1.89 bits per heavy atom. The highest BCUT2D eigenvalue weighted by molar-refractivity contribution is 7.90. The average Bonchev–Trinajstić information content (AvgIpc) is 2.91. The van der Waals surface area contributed by atoms with Gasteiger partial charge in [-0.25, -0.2) is 12.7 Å². The van der Waals surface area contributed by atoms with Gasteiger partial charge in [0.25, 0.3) is 0 Å². The summed E-state index contributed by atoms with van der Waals surface area (Å²) in [6, 6.07) is 0. The van der Waals surface area contributed by atoms with Crippen molar-refractivity contribution in [3.63, 3.8) is 0 Å². The van der Waals surface area contributed by atoms with Gasteiger partial charge in [0.15, 0.2) is 0 Å². The van der Waals surface area contributed by atoms with E-state index in [0.29, 0.717) is 12.5 Å². The summed E-state index contributed by atoms with van der Waals surface area (Å²) in [6.45, 7) is 13.2. The molecule has 0 spiro atoms. The quantitative estimate of drug-likeness (QED) is 0.772. The number of hydrogen-bond donors (Lipinski definition) is 0. The third-order valence-electron chi connectivity index (χ3n) is 3.38. The Morgan fingerprint density at radius 2 is 1.56 bits per heavy atom. The number of hydrogen-bond acceptors (Lipinski definition) is 2. The fraction of sp³-hybridized carbons (Fsp3) is 1.00. The Hall–Kier alpha value is -0.0900. The van der Waals surface area contributed by atoms with E-state index in [1.165, 1.54) is 12.8 Å². The van der Waals surface area contributed by atoms with E-state index in [2.05, 4.69) is 20.8 Å². The van der Waals surface area contributed by atoms with Gasteiger partial charge in [-0.3, -0.25) is 0 Å². The zero-order chi connectivity index (χ0) is 14.2. The lowest BCUT2D eigenvalue weighted by Crippen LogP contribution is -2.45. The van der Waals surface area contributed by atoms with Crippen LogP contribution in [-0.4, -0.2) is 30.6 Å². The van der Waals surface area contributed by atoms with E-state index in [-0.39, 0.29) is 5.41 Å². The second-order valence-corrected chi connectivity index (χ2v) is 10.4. The minimum absolute atomic E-state index is 0.176. The van der Waals surface area contributed by atoms with Crippen LogP contribution in [-0.2, 0) is 10.0 Å². The van der Waals surface area contributed by atoms with Crippen LogP contribution in [0.4, 0.5) is 0 Å². The van der Waals surface area contributed by atoms with Crippen molar-refractivity contribution < 1.29 is 8.42 Å². The van der Waals surface area contributed by atoms with E-state index in [0.717, 1.165) is 13.0 Å². The van der Waals surface area contributed by atoms with Crippen LogP contribution in [0.2, 0.25) is 0 Å². The van der Waals surface area contributed by atoms with E-state index in [1.807, 2.05) is 0 Å². The molecule has 0 aliphatic heterocycles. The molecule has 0 amide bonds. The zero-order valence-electron chi connectivity index (χ0n) is 12.8. The molecule has 0 aromatic heterocycles. The third kappa shape index (κ3) is 4.54. The van der Waals surface area contributed by atoms with Gasteiger partial charge in [-0.15, -0.1) is 0 Å². The van der Waals surface area contributed by atoms with E-state index >= 15 is 0 Å². The smallest absolute Gasteiger partial charge is 0.212 e. The summed E-state index contributed by atoms with van der Waals surface area (Å²) in [4.78, 5) is 0. The Labute approximate surface area is 113 Å². The molecule has 3 nitrogen and oxygen atoms in total. The van der Waals surface area contributed by atoms with Crippen LogP contribution in [0.3, 0.4) is 0 Å². The number of sulfonamides is 1. The first-order chi connectivity index (χ1) is 7.93. The van der Waals surface area contributed by atoms with Crippen molar-refractivity contribution in [2.24, 2.45) is 11.3 Å². The molecule has 0 heterocycles. The van der Waals surface area contributed by atoms with Crippen LogP contribution in [0.1, 0.15) is 60.8 Å². The summed E-state index contributed by atoms with van der Waals surface area (Å²) < 4.78 is 26.2. The zero-order valence-corrected chi connectivity index (χ0v) is 13.6. The maximum Gasteiger partial charge on any atom is 0.219 e. The second kappa shape index (κ2) is 5.12. The van der Waals surface area contributed by atoms with Crippen LogP contribution in [0.15, 0.2) is 0 Å². The molecular formula is C14H29NO2S. The normalized spacial score (nSPS) is 18.4. The molecule has 1 rings (SSSR count). The SMILES string of the molecule is CC(C)(C)CCN(CC1CC1)S(=O)(=O)C(C)(C)C. The van der Waals surface area contributed by atoms with Crippen molar-refractivity contribution in [3.05, 3.63) is 0 Å². The van der Waals surface area contributed by atoms with Crippen molar-refractivity contribution in [3.8, 4) is 0 Å². The fourth-order valence-corrected chi connectivity index (χ4v) is 3.26. The fourth-order valence-electron chi connectivity index (χ4n) is 1.75. The summed E-state index contributed by atoms with van der Waals surface area (Å²) in [5.41, 5.74) is 0.176. The molecule has 0 saturated heterocycles. The van der Waals surface area contributed by atoms with Crippen LogP contribution < -0.4 is 0 Å². The molecular weight excluding hydrogens is 246 g/mol. The third-order valence-corrected chi connectivity index (χ3v) is 5.94. The van der Waals surface area contributed by atoms with Gasteiger partial charge in [0.1, 0.15) is 0 Å². The molecule has 0 atom stereocenters. The first kappa shape index (κ1) is 16.0. The average molecular weight is 275 g/mol. The van der Waals surface area contributed by atoms with Crippen LogP contribution >= 0.6 is 0 Å². The maximum atomic E-state index is 12.6. The van der Waals surface area contributed by atoms with Gasteiger partial charge < -0.3 is 0 Å². The first-order valence-corrected chi connectivity index (χ1v) is 8.37. The lowest BCUT2D eigenvalue weighted by molar-refractivity contribution is 0.300. The Balaban J connectivity index is 2.77. The molecule has 0 aromatic rings. The van der Waals surface area contributed by atoms with Crippen LogP contribution in [0, 0.1) is 11.3 Å². The molecule has 0 aromatic carbocycles. The van der Waals surface area contributed by atoms with Gasteiger partial charge in [0, 0.05) is 13.1 Å². The van der Waals surface area contributed by atoms with Crippen molar-refractivity contribution in [2.45, 2.75) is 65.6 Å². The molecule has 1 fully saturated rings. The highest BCUT2D eigenvalue weighted by Gasteiger charge is 2.38. The highest BCUT2D eigenvalue weighted by Crippen LogP contribution is 2.33. The van der Waals surface area contributed by atoms with Gasteiger partial charge in [0.05, 0.1) is 4.75 Å². The molecule has 0 unspecified atom stereocenters. The molecule has 0 N–H and O–H groups in total. The van der Waals surface area contributed by atoms with Gasteiger partial charge in [-0.05, 0) is 51.4 Å². The molecule has 108 valence electrons. The highest BCUT2D eigenvalue weighted by atomic mass is 32.2. The molecule has 1 aliphatic rings. The summed E-state index contributed by atoms with van der Waals surface area (Å²) in [6.07, 6.45) is 3.28. The Bertz CT molecular complexity index is 370. The molecule has 18 heavy (non-hydrogen) atoms. The van der Waals surface area contributed by atoms with E-state index in [4.69, 9.17) is 0 Å². The van der Waals surface area contributed by atoms with Crippen molar-refractivity contribution in [1.29, 1.82) is 0 Å². The lowest BCUT2D eigenvalue weighted by atomic mass is 9.92. The Morgan fingerprint density at radius 1 is 1.06 bits per heavy atom. The number of rotatable bonds is 5. The summed E-state index contributed by atoms with van der Waals surface area (Å²) in [5.74, 6) is 0.599. The summed E-state index contributed by atoms with van der Waals surface area (Å²) >= 11 is 0. The summed E-state index contributed by atoms with van der Waals surface area (Å²) in [7, 11) is -3.18. The van der Waals surface area contributed by atoms with Crippen LogP contribution in [0.25, 0.3) is 0 Å². The minimum Gasteiger partial charge on any atom is -0.212 e. The summed E-state index contributed by atoms with van der Waals surface area (Å²) in [5, 5.41) is 0. The molecule has 4 heteroatoms. The topological polar surface area (TPSA) is 37.4 Å². The predicted molar refractivity (Wildman–Crippen MR) is 77.0 cm³/mol. The molecule has 0 radical (unpaired) electrons. The molecule has 1 saturated carbocycles. The monoisotopic (exact) mass is 275 g/mol. The van der Waals surface area contributed by atoms with Gasteiger partial charge in [-0.2, -0.15) is 0 Å². The maximum absolute atomic E-state index is 12.6.